The standard InChI is InChI=1S/C2H2O4.5H2O.Sc/c3-1(4)2(5)6;;;;;;/h(H,3,4)(H,5,6);5*1H2;. The van der Waals surface area contributed by atoms with Crippen LogP contribution in [-0.2, 0) is 35.4 Å². The molecular weight excluding hydrogens is 213 g/mol. The Morgan fingerprint density at radius 1 is 0.667 bits per heavy atom. The first-order chi connectivity index (χ1) is 2.64. The van der Waals surface area contributed by atoms with E-state index in [0.29, 0.717) is 0 Å². The molecule has 0 aromatic carbocycles. The Balaban J connectivity index is -0.00000000833. The van der Waals surface area contributed by atoms with E-state index < -0.39 is 11.9 Å². The van der Waals surface area contributed by atoms with Crippen LogP contribution in [0.4, 0.5) is 0 Å². The van der Waals surface area contributed by atoms with E-state index in [1.54, 1.807) is 0 Å². The van der Waals surface area contributed by atoms with Gasteiger partial charge in [0.1, 0.15) is 0 Å². The van der Waals surface area contributed by atoms with Crippen molar-refractivity contribution in [3.63, 3.8) is 0 Å². The van der Waals surface area contributed by atoms with Crippen molar-refractivity contribution in [2.45, 2.75) is 0 Å². The largest absolute Gasteiger partial charge is 0.473 e. The molecule has 0 atom stereocenters. The molecule has 0 bridgehead atoms. The first kappa shape index (κ1) is 61.5. The Labute approximate surface area is 85.3 Å². The Morgan fingerprint density at radius 2 is 0.750 bits per heavy atom. The molecule has 12 N–H and O–H groups in total. The second-order valence-electron chi connectivity index (χ2n) is 0.610. The summed E-state index contributed by atoms with van der Waals surface area (Å²) in [6.45, 7) is 0. The van der Waals surface area contributed by atoms with Gasteiger partial charge in [-0.05, 0) is 0 Å². The minimum atomic E-state index is -1.82. The molecule has 0 unspecified atom stereocenters. The van der Waals surface area contributed by atoms with Crippen molar-refractivity contribution in [2.75, 3.05) is 0 Å². The zero-order valence-corrected chi connectivity index (χ0v) is 7.59. The Kier molecular flexibility index (Phi) is 160. The number of carboxylic acid groups (broad SMARTS) is 2. The monoisotopic (exact) mass is 225 g/mol. The van der Waals surface area contributed by atoms with Crippen LogP contribution < -0.4 is 0 Å². The van der Waals surface area contributed by atoms with Gasteiger partial charge in [0.15, 0.2) is 0 Å². The fourth-order valence-corrected chi connectivity index (χ4v) is 0. The average Bonchev–Trinajstić information content (AvgIpc) is 1.36. The quantitative estimate of drug-likeness (QED) is 0.385. The van der Waals surface area contributed by atoms with Gasteiger partial charge in [0, 0.05) is 25.8 Å². The third-order valence-corrected chi connectivity index (χ3v) is 0.183. The van der Waals surface area contributed by atoms with Gasteiger partial charge in [0.25, 0.3) is 0 Å². The van der Waals surface area contributed by atoms with Crippen LogP contribution in [0.1, 0.15) is 0 Å². The van der Waals surface area contributed by atoms with E-state index in [1.165, 1.54) is 0 Å². The van der Waals surface area contributed by atoms with Crippen molar-refractivity contribution >= 4 is 11.9 Å². The summed E-state index contributed by atoms with van der Waals surface area (Å²) in [7, 11) is 0. The maximum Gasteiger partial charge on any atom is 0.414 e. The summed E-state index contributed by atoms with van der Waals surface area (Å²) in [6.07, 6.45) is 0. The van der Waals surface area contributed by atoms with Crippen LogP contribution in [0.3, 0.4) is 0 Å². The van der Waals surface area contributed by atoms with E-state index >= 15 is 0 Å². The molecule has 12 heavy (non-hydrogen) atoms. The summed E-state index contributed by atoms with van der Waals surface area (Å²) in [5, 5.41) is 14.8. The van der Waals surface area contributed by atoms with Crippen molar-refractivity contribution in [3.05, 3.63) is 0 Å². The normalized spacial score (nSPS) is 3.67. The summed E-state index contributed by atoms with van der Waals surface area (Å²) in [5.41, 5.74) is 0. The van der Waals surface area contributed by atoms with Crippen molar-refractivity contribution in [3.8, 4) is 0 Å². The third-order valence-electron chi connectivity index (χ3n) is 0.183. The van der Waals surface area contributed by atoms with E-state index in [2.05, 4.69) is 0 Å². The van der Waals surface area contributed by atoms with E-state index in [1.807, 2.05) is 0 Å². The molecule has 0 saturated carbocycles. The maximum atomic E-state index is 9.10. The van der Waals surface area contributed by atoms with Crippen molar-refractivity contribution < 1.29 is 73.0 Å². The number of aliphatic carboxylic acids is 2. The molecule has 0 aliphatic heterocycles. The number of carbonyl (C=O) groups is 2. The molecule has 0 heterocycles. The number of hydrogen-bond acceptors (Lipinski definition) is 2. The first-order valence-corrected chi connectivity index (χ1v) is 1.11. The summed E-state index contributed by atoms with van der Waals surface area (Å²) in [5.74, 6) is -3.65. The minimum absolute atomic E-state index is 0. The van der Waals surface area contributed by atoms with Crippen molar-refractivity contribution in [1.82, 2.24) is 0 Å². The van der Waals surface area contributed by atoms with Crippen LogP contribution in [0.15, 0.2) is 0 Å². The van der Waals surface area contributed by atoms with Crippen molar-refractivity contribution in [1.29, 1.82) is 0 Å². The van der Waals surface area contributed by atoms with E-state index in [-0.39, 0.29) is 53.2 Å². The zero-order valence-electron chi connectivity index (χ0n) is 5.79. The number of carboxylic acids is 2. The van der Waals surface area contributed by atoms with Crippen LogP contribution in [-0.4, -0.2) is 49.5 Å². The fourth-order valence-electron chi connectivity index (χ4n) is 0. The molecule has 0 aromatic heterocycles. The predicted octanol–water partition coefficient (Wildman–Crippen LogP) is -4.97. The zero-order chi connectivity index (χ0) is 5.15. The van der Waals surface area contributed by atoms with Gasteiger partial charge in [-0.2, -0.15) is 0 Å². The molecule has 0 saturated heterocycles. The van der Waals surface area contributed by atoms with Crippen LogP contribution in [0, 0.1) is 0 Å². The van der Waals surface area contributed by atoms with Gasteiger partial charge in [0.2, 0.25) is 0 Å². The first-order valence-electron chi connectivity index (χ1n) is 1.11. The topological polar surface area (TPSA) is 232 Å². The molecular formula is C2H12O9Sc. The van der Waals surface area contributed by atoms with E-state index in [9.17, 15) is 0 Å². The van der Waals surface area contributed by atoms with Gasteiger partial charge in [-0.25, -0.2) is 9.59 Å². The average molecular weight is 225 g/mol. The minimum Gasteiger partial charge on any atom is -0.473 e. The molecule has 0 amide bonds. The molecule has 0 aromatic rings. The molecule has 1 radical (unpaired) electrons. The van der Waals surface area contributed by atoms with Crippen LogP contribution in [0.2, 0.25) is 0 Å². The Hall–Kier alpha value is -0.390. The second kappa shape index (κ2) is 31.1. The summed E-state index contributed by atoms with van der Waals surface area (Å²) < 4.78 is 0. The fraction of sp³-hybridized carbons (Fsp3) is 0. The number of rotatable bonds is 0. The molecule has 0 spiro atoms. The van der Waals surface area contributed by atoms with Crippen LogP contribution in [0.25, 0.3) is 0 Å². The Bertz CT molecular complexity index is 78.5. The number of hydrogen-bond donors (Lipinski definition) is 2. The smallest absolute Gasteiger partial charge is 0.414 e. The molecule has 9 nitrogen and oxygen atoms in total. The van der Waals surface area contributed by atoms with Gasteiger partial charge in [-0.1, -0.05) is 0 Å². The van der Waals surface area contributed by atoms with E-state index in [4.69, 9.17) is 19.8 Å². The van der Waals surface area contributed by atoms with Crippen LogP contribution >= 0.6 is 0 Å². The maximum absolute atomic E-state index is 9.10. The van der Waals surface area contributed by atoms with E-state index in [0.717, 1.165) is 0 Å². The Morgan fingerprint density at radius 3 is 0.750 bits per heavy atom. The summed E-state index contributed by atoms with van der Waals surface area (Å²) in [4.78, 5) is 18.2. The molecule has 0 aliphatic rings. The second-order valence-corrected chi connectivity index (χ2v) is 0.610. The van der Waals surface area contributed by atoms with Crippen molar-refractivity contribution in [2.24, 2.45) is 0 Å². The third kappa shape index (κ3) is 54.7. The van der Waals surface area contributed by atoms with Gasteiger partial charge >= 0.3 is 11.9 Å². The molecule has 10 heteroatoms. The van der Waals surface area contributed by atoms with Gasteiger partial charge in [0.05, 0.1) is 0 Å². The predicted molar refractivity (Wildman–Crippen MR) is 33.3 cm³/mol. The SMILES string of the molecule is O.O.O.O.O.O=C(O)C(=O)O.[Sc]. The summed E-state index contributed by atoms with van der Waals surface area (Å²) >= 11 is 0. The van der Waals surface area contributed by atoms with Gasteiger partial charge in [-0.3, -0.25) is 0 Å². The molecule has 0 rings (SSSR count). The van der Waals surface area contributed by atoms with Crippen LogP contribution in [0.5, 0.6) is 0 Å². The van der Waals surface area contributed by atoms with Gasteiger partial charge in [-0.15, -0.1) is 0 Å². The summed E-state index contributed by atoms with van der Waals surface area (Å²) in [6, 6.07) is 0. The molecule has 77 valence electrons. The molecule has 0 fully saturated rings. The molecule has 0 aliphatic carbocycles. The van der Waals surface area contributed by atoms with Gasteiger partial charge < -0.3 is 37.6 Å².